The van der Waals surface area contributed by atoms with Crippen molar-refractivity contribution in [3.05, 3.63) is 83.9 Å². The van der Waals surface area contributed by atoms with E-state index in [1.165, 1.54) is 50.5 Å². The number of anilines is 3. The number of hydrogen-bond donors (Lipinski definition) is 2. The zero-order chi connectivity index (χ0) is 24.9. The standard InChI is InChI=1S/C22H23ClN4O5S2/c1-26(2)34(31,32)27(20-6-4-3-5-7-20)16-22(28)24-18-12-14-21(15-13-18)33(29,30)25-19-10-8-17(23)9-11-19/h3-15,25H,16H2,1-2H3,(H,24,28). The van der Waals surface area contributed by atoms with E-state index in [1.807, 2.05) is 0 Å². The van der Waals surface area contributed by atoms with Crippen LogP contribution < -0.4 is 14.3 Å². The molecule has 0 heterocycles. The first-order valence-electron chi connectivity index (χ1n) is 9.92. The van der Waals surface area contributed by atoms with Gasteiger partial charge in [-0.25, -0.2) is 12.7 Å². The van der Waals surface area contributed by atoms with Gasteiger partial charge in [0, 0.05) is 30.5 Å². The number of rotatable bonds is 9. The van der Waals surface area contributed by atoms with E-state index in [2.05, 4.69) is 10.0 Å². The van der Waals surface area contributed by atoms with Crippen LogP contribution in [0.1, 0.15) is 0 Å². The maximum atomic E-state index is 12.7. The molecule has 180 valence electrons. The molecule has 0 saturated carbocycles. The fourth-order valence-corrected chi connectivity index (χ4v) is 5.13. The minimum atomic E-state index is -3.93. The molecule has 0 aliphatic carbocycles. The van der Waals surface area contributed by atoms with Gasteiger partial charge in [-0.15, -0.1) is 0 Å². The van der Waals surface area contributed by atoms with Gasteiger partial charge >= 0.3 is 10.2 Å². The number of para-hydroxylation sites is 1. The first kappa shape index (κ1) is 25.5. The number of sulfonamides is 1. The van der Waals surface area contributed by atoms with Gasteiger partial charge in [0.05, 0.1) is 10.6 Å². The fourth-order valence-electron chi connectivity index (χ4n) is 2.88. The zero-order valence-electron chi connectivity index (χ0n) is 18.3. The zero-order valence-corrected chi connectivity index (χ0v) is 20.7. The summed E-state index contributed by atoms with van der Waals surface area (Å²) in [5.41, 5.74) is 0.997. The molecule has 0 fully saturated rings. The molecule has 9 nitrogen and oxygen atoms in total. The predicted octanol–water partition coefficient (Wildman–Crippen LogP) is 3.39. The van der Waals surface area contributed by atoms with Crippen LogP contribution in [0.15, 0.2) is 83.8 Å². The largest absolute Gasteiger partial charge is 0.325 e. The molecule has 0 bridgehead atoms. The summed E-state index contributed by atoms with van der Waals surface area (Å²) in [4.78, 5) is 12.6. The lowest BCUT2D eigenvalue weighted by molar-refractivity contribution is -0.114. The molecule has 1 amide bonds. The molecule has 0 unspecified atom stereocenters. The smallest absolute Gasteiger partial charge is 0.304 e. The van der Waals surface area contributed by atoms with Crippen molar-refractivity contribution in [3.63, 3.8) is 0 Å². The number of hydrogen-bond acceptors (Lipinski definition) is 5. The summed E-state index contributed by atoms with van der Waals surface area (Å²) in [6.07, 6.45) is 0. The maximum absolute atomic E-state index is 12.7. The summed E-state index contributed by atoms with van der Waals surface area (Å²) >= 11 is 5.81. The lowest BCUT2D eigenvalue weighted by Crippen LogP contribution is -2.44. The van der Waals surface area contributed by atoms with Gasteiger partial charge in [0.15, 0.2) is 0 Å². The Morgan fingerprint density at radius 2 is 1.38 bits per heavy atom. The van der Waals surface area contributed by atoms with E-state index in [4.69, 9.17) is 11.6 Å². The molecule has 0 aliphatic rings. The summed E-state index contributed by atoms with van der Waals surface area (Å²) in [6, 6.07) is 19.9. The second kappa shape index (κ2) is 10.4. The maximum Gasteiger partial charge on any atom is 0.304 e. The van der Waals surface area contributed by atoms with Crippen LogP contribution in [-0.2, 0) is 25.0 Å². The van der Waals surface area contributed by atoms with Crippen LogP contribution in [-0.4, -0.2) is 47.7 Å². The molecule has 3 aromatic rings. The Morgan fingerprint density at radius 1 is 0.824 bits per heavy atom. The first-order chi connectivity index (χ1) is 16.0. The van der Waals surface area contributed by atoms with Crippen molar-refractivity contribution in [2.75, 3.05) is 35.0 Å². The lowest BCUT2D eigenvalue weighted by atomic mass is 10.3. The third-order valence-corrected chi connectivity index (χ3v) is 8.09. The van der Waals surface area contributed by atoms with E-state index in [-0.39, 0.29) is 4.90 Å². The number of carbonyl (C=O) groups excluding carboxylic acids is 1. The lowest BCUT2D eigenvalue weighted by Gasteiger charge is -2.26. The number of halogens is 1. The molecular formula is C22H23ClN4O5S2. The fraction of sp³-hybridized carbons (Fsp3) is 0.136. The number of amides is 1. The molecule has 0 aliphatic heterocycles. The molecule has 3 aromatic carbocycles. The minimum absolute atomic E-state index is 0.0125. The molecule has 0 aromatic heterocycles. The van der Waals surface area contributed by atoms with Crippen molar-refractivity contribution in [2.24, 2.45) is 0 Å². The Labute approximate surface area is 204 Å². The molecule has 0 saturated heterocycles. The average Bonchev–Trinajstić information content (AvgIpc) is 2.79. The number of benzene rings is 3. The van der Waals surface area contributed by atoms with Crippen molar-refractivity contribution < 1.29 is 21.6 Å². The highest BCUT2D eigenvalue weighted by Crippen LogP contribution is 2.21. The van der Waals surface area contributed by atoms with Crippen molar-refractivity contribution in [2.45, 2.75) is 4.90 Å². The van der Waals surface area contributed by atoms with Crippen LogP contribution >= 0.6 is 11.6 Å². The first-order valence-corrected chi connectivity index (χ1v) is 13.2. The Bertz CT molecular complexity index is 1350. The van der Waals surface area contributed by atoms with Gasteiger partial charge in [-0.3, -0.25) is 9.52 Å². The van der Waals surface area contributed by atoms with E-state index in [1.54, 1.807) is 42.5 Å². The summed E-state index contributed by atoms with van der Waals surface area (Å²) in [6.45, 7) is -0.470. The van der Waals surface area contributed by atoms with Gasteiger partial charge in [0.1, 0.15) is 6.54 Å². The molecule has 2 N–H and O–H groups in total. The van der Waals surface area contributed by atoms with Gasteiger partial charge < -0.3 is 5.32 Å². The second-order valence-electron chi connectivity index (χ2n) is 7.32. The predicted molar refractivity (Wildman–Crippen MR) is 134 cm³/mol. The van der Waals surface area contributed by atoms with Crippen LogP contribution in [0.4, 0.5) is 17.1 Å². The third kappa shape index (κ3) is 6.26. The average molecular weight is 523 g/mol. The van der Waals surface area contributed by atoms with Crippen LogP contribution in [0, 0.1) is 0 Å². The van der Waals surface area contributed by atoms with E-state index in [9.17, 15) is 21.6 Å². The van der Waals surface area contributed by atoms with E-state index in [0.29, 0.717) is 22.1 Å². The number of nitrogens with zero attached hydrogens (tertiary/aromatic N) is 2. The van der Waals surface area contributed by atoms with Gasteiger partial charge in [-0.1, -0.05) is 29.8 Å². The van der Waals surface area contributed by atoms with Crippen LogP contribution in [0.5, 0.6) is 0 Å². The highest BCUT2D eigenvalue weighted by molar-refractivity contribution is 7.92. The highest BCUT2D eigenvalue weighted by Gasteiger charge is 2.27. The van der Waals surface area contributed by atoms with E-state index >= 15 is 0 Å². The topological polar surface area (TPSA) is 116 Å². The molecular weight excluding hydrogens is 500 g/mol. The van der Waals surface area contributed by atoms with E-state index < -0.39 is 32.7 Å². The monoisotopic (exact) mass is 522 g/mol. The molecule has 0 radical (unpaired) electrons. The number of nitrogens with one attached hydrogen (secondary N) is 2. The summed E-state index contributed by atoms with van der Waals surface area (Å²) < 4.78 is 55.1. The third-order valence-electron chi connectivity index (χ3n) is 4.62. The minimum Gasteiger partial charge on any atom is -0.325 e. The Balaban J connectivity index is 1.72. The summed E-state index contributed by atoms with van der Waals surface area (Å²) in [5, 5.41) is 3.07. The van der Waals surface area contributed by atoms with Crippen LogP contribution in [0.25, 0.3) is 0 Å². The SMILES string of the molecule is CN(C)S(=O)(=O)N(CC(=O)Nc1ccc(S(=O)(=O)Nc2ccc(Cl)cc2)cc1)c1ccccc1. The molecule has 12 heteroatoms. The summed E-state index contributed by atoms with van der Waals surface area (Å²) in [7, 11) is -5.03. The van der Waals surface area contributed by atoms with Crippen molar-refractivity contribution in [3.8, 4) is 0 Å². The van der Waals surface area contributed by atoms with Crippen molar-refractivity contribution in [1.82, 2.24) is 4.31 Å². The van der Waals surface area contributed by atoms with Gasteiger partial charge in [0.2, 0.25) is 5.91 Å². The van der Waals surface area contributed by atoms with Crippen molar-refractivity contribution in [1.29, 1.82) is 0 Å². The second-order valence-corrected chi connectivity index (χ2v) is 11.5. The van der Waals surface area contributed by atoms with Gasteiger partial charge in [-0.2, -0.15) is 12.7 Å². The molecule has 0 atom stereocenters. The molecule has 3 rings (SSSR count). The normalized spacial score (nSPS) is 11.8. The van der Waals surface area contributed by atoms with Gasteiger partial charge in [-0.05, 0) is 60.7 Å². The quantitative estimate of drug-likeness (QED) is 0.447. The van der Waals surface area contributed by atoms with Gasteiger partial charge in [0.25, 0.3) is 10.0 Å². The van der Waals surface area contributed by atoms with Crippen LogP contribution in [0.2, 0.25) is 5.02 Å². The highest BCUT2D eigenvalue weighted by atomic mass is 35.5. The van der Waals surface area contributed by atoms with Crippen molar-refractivity contribution >= 4 is 54.8 Å². The van der Waals surface area contributed by atoms with Crippen LogP contribution in [0.3, 0.4) is 0 Å². The Morgan fingerprint density at radius 3 is 1.94 bits per heavy atom. The Kier molecular flexibility index (Phi) is 7.82. The van der Waals surface area contributed by atoms with E-state index in [0.717, 1.165) is 8.61 Å². The molecule has 34 heavy (non-hydrogen) atoms. The Hall–Kier alpha value is -3.12. The number of carbonyl (C=O) groups is 1. The molecule has 0 spiro atoms. The summed E-state index contributed by atoms with van der Waals surface area (Å²) in [5.74, 6) is -0.593.